The summed E-state index contributed by atoms with van der Waals surface area (Å²) >= 11 is 5.86. The molecule has 5 rings (SSSR count). The number of carbonyl (C=O) groups excluding carboxylic acids is 3. The first-order valence-corrected chi connectivity index (χ1v) is 15.3. The van der Waals surface area contributed by atoms with Crippen molar-refractivity contribution in [2.24, 2.45) is 0 Å². The molecule has 1 saturated carbocycles. The minimum Gasteiger partial charge on any atom is -0.343 e. The van der Waals surface area contributed by atoms with Gasteiger partial charge >= 0.3 is 0 Å². The Kier molecular flexibility index (Phi) is 7.65. The average molecular weight is 581 g/mol. The van der Waals surface area contributed by atoms with Gasteiger partial charge in [0.15, 0.2) is 9.84 Å². The molecule has 208 valence electrons. The number of nitrogens with one attached hydrogen (secondary N) is 2. The van der Waals surface area contributed by atoms with Crippen molar-refractivity contribution in [3.8, 4) is 0 Å². The van der Waals surface area contributed by atoms with Gasteiger partial charge in [-0.3, -0.25) is 14.4 Å². The molecule has 1 aliphatic carbocycles. The molecule has 9 nitrogen and oxygen atoms in total. The summed E-state index contributed by atoms with van der Waals surface area (Å²) in [7, 11) is -3.61. The van der Waals surface area contributed by atoms with Crippen LogP contribution in [0.25, 0.3) is 0 Å². The fourth-order valence-electron chi connectivity index (χ4n) is 4.98. The first-order chi connectivity index (χ1) is 19.0. The Morgan fingerprint density at radius 2 is 1.77 bits per heavy atom. The van der Waals surface area contributed by atoms with Gasteiger partial charge in [0.05, 0.1) is 21.2 Å². The molecule has 2 aromatic carbocycles. The lowest BCUT2D eigenvalue weighted by molar-refractivity contribution is -0.127. The van der Waals surface area contributed by atoms with E-state index >= 15 is 0 Å². The van der Waals surface area contributed by atoms with Crippen molar-refractivity contribution in [3.05, 3.63) is 82.5 Å². The van der Waals surface area contributed by atoms with Crippen molar-refractivity contribution in [2.75, 3.05) is 30.0 Å². The van der Waals surface area contributed by atoms with E-state index in [1.165, 1.54) is 30.5 Å². The van der Waals surface area contributed by atoms with Gasteiger partial charge in [-0.05, 0) is 79.1 Å². The van der Waals surface area contributed by atoms with Crippen LogP contribution in [0.1, 0.15) is 58.4 Å². The molecular weight excluding hydrogens is 552 g/mol. The molecule has 0 spiro atoms. The van der Waals surface area contributed by atoms with Gasteiger partial charge in [0.1, 0.15) is 5.82 Å². The highest BCUT2D eigenvalue weighted by Crippen LogP contribution is 2.51. The Morgan fingerprint density at radius 1 is 1.02 bits per heavy atom. The zero-order chi connectivity index (χ0) is 28.5. The van der Waals surface area contributed by atoms with Crippen LogP contribution in [0, 0.1) is 0 Å². The van der Waals surface area contributed by atoms with Gasteiger partial charge in [0.2, 0.25) is 5.91 Å². The molecular formula is C29H29ClN4O5S. The first kappa shape index (κ1) is 27.8. The van der Waals surface area contributed by atoms with E-state index in [9.17, 15) is 22.8 Å². The second-order valence-corrected chi connectivity index (χ2v) is 12.8. The van der Waals surface area contributed by atoms with Gasteiger partial charge in [-0.1, -0.05) is 23.7 Å². The minimum atomic E-state index is -3.61. The Morgan fingerprint density at radius 3 is 2.38 bits per heavy atom. The van der Waals surface area contributed by atoms with Crippen molar-refractivity contribution in [3.63, 3.8) is 0 Å². The predicted octanol–water partition coefficient (Wildman–Crippen LogP) is 4.69. The molecule has 1 saturated heterocycles. The quantitative estimate of drug-likeness (QED) is 0.378. The number of hydrogen-bond acceptors (Lipinski definition) is 6. The number of pyridine rings is 1. The molecule has 40 heavy (non-hydrogen) atoms. The van der Waals surface area contributed by atoms with Crippen LogP contribution < -0.4 is 10.6 Å². The molecule has 1 aromatic heterocycles. The number of halogens is 1. The van der Waals surface area contributed by atoms with E-state index in [4.69, 9.17) is 11.6 Å². The Balaban J connectivity index is 1.32. The summed E-state index contributed by atoms with van der Waals surface area (Å²) in [6.45, 7) is 1.58. The number of anilines is 2. The van der Waals surface area contributed by atoms with Crippen molar-refractivity contribution in [1.82, 2.24) is 9.88 Å². The molecule has 2 fully saturated rings. The SMILES string of the molecule is CS(=O)(=O)c1ccc(NC(=O)c2ccc(C3(CCN4CCCC4=O)CC3)cc2)c(C(=O)Nc2ccc(Cl)cn2)c1. The minimum absolute atomic E-state index is 0.0296. The van der Waals surface area contributed by atoms with Crippen LogP contribution >= 0.6 is 11.6 Å². The van der Waals surface area contributed by atoms with Crippen LogP contribution in [0.2, 0.25) is 5.02 Å². The second kappa shape index (κ2) is 11.0. The number of rotatable bonds is 9. The topological polar surface area (TPSA) is 126 Å². The van der Waals surface area contributed by atoms with Gasteiger partial charge in [-0.15, -0.1) is 0 Å². The molecule has 2 aliphatic rings. The van der Waals surface area contributed by atoms with E-state index in [-0.39, 0.29) is 33.3 Å². The van der Waals surface area contributed by atoms with E-state index in [2.05, 4.69) is 15.6 Å². The van der Waals surface area contributed by atoms with Gasteiger partial charge in [-0.25, -0.2) is 13.4 Å². The number of sulfone groups is 1. The van der Waals surface area contributed by atoms with Crippen LogP contribution in [0.4, 0.5) is 11.5 Å². The third kappa shape index (κ3) is 6.18. The van der Waals surface area contributed by atoms with Gasteiger partial charge < -0.3 is 15.5 Å². The summed E-state index contributed by atoms with van der Waals surface area (Å²) in [5.41, 5.74) is 1.70. The smallest absolute Gasteiger partial charge is 0.258 e. The van der Waals surface area contributed by atoms with E-state index in [1.54, 1.807) is 18.2 Å². The van der Waals surface area contributed by atoms with Gasteiger partial charge in [-0.2, -0.15) is 0 Å². The summed E-state index contributed by atoms with van der Waals surface area (Å²) in [5.74, 6) is -0.636. The van der Waals surface area contributed by atoms with Gasteiger partial charge in [0.25, 0.3) is 11.8 Å². The third-order valence-corrected chi connectivity index (χ3v) is 8.86. The lowest BCUT2D eigenvalue weighted by Gasteiger charge is -2.21. The molecule has 11 heteroatoms. The Bertz CT molecular complexity index is 1570. The Labute approximate surface area is 237 Å². The highest BCUT2D eigenvalue weighted by molar-refractivity contribution is 7.90. The summed E-state index contributed by atoms with van der Waals surface area (Å²) in [5, 5.41) is 5.74. The molecule has 0 radical (unpaired) electrons. The van der Waals surface area contributed by atoms with Crippen molar-refractivity contribution in [1.29, 1.82) is 0 Å². The predicted molar refractivity (Wildman–Crippen MR) is 152 cm³/mol. The summed E-state index contributed by atoms with van der Waals surface area (Å²) in [4.78, 5) is 44.1. The van der Waals surface area contributed by atoms with E-state index in [0.717, 1.165) is 50.6 Å². The molecule has 2 N–H and O–H groups in total. The fourth-order valence-corrected chi connectivity index (χ4v) is 5.74. The lowest BCUT2D eigenvalue weighted by atomic mass is 9.91. The van der Waals surface area contributed by atoms with Crippen LogP contribution in [-0.4, -0.2) is 55.4 Å². The van der Waals surface area contributed by atoms with E-state index < -0.39 is 21.7 Å². The van der Waals surface area contributed by atoms with E-state index in [1.807, 2.05) is 17.0 Å². The fraction of sp³-hybridized carbons (Fsp3) is 0.310. The van der Waals surface area contributed by atoms with Crippen LogP contribution in [0.15, 0.2) is 65.7 Å². The van der Waals surface area contributed by atoms with Gasteiger partial charge in [0, 0.05) is 37.5 Å². The van der Waals surface area contributed by atoms with Crippen molar-refractivity contribution in [2.45, 2.75) is 42.4 Å². The Hall–Kier alpha value is -3.76. The monoisotopic (exact) mass is 580 g/mol. The summed E-state index contributed by atoms with van der Waals surface area (Å²) in [6, 6.07) is 14.4. The molecule has 1 aliphatic heterocycles. The van der Waals surface area contributed by atoms with Crippen molar-refractivity contribution < 1.29 is 22.8 Å². The maximum atomic E-state index is 13.1. The largest absolute Gasteiger partial charge is 0.343 e. The molecule has 0 bridgehead atoms. The number of nitrogens with zero attached hydrogens (tertiary/aromatic N) is 2. The molecule has 0 atom stereocenters. The van der Waals surface area contributed by atoms with Crippen molar-refractivity contribution >= 4 is 50.7 Å². The standard InChI is InChI=1S/C29H29ClN4O5S/c1-40(38,39)22-9-10-24(23(17-22)28(37)33-25-11-8-21(30)18-31-25)32-27(36)19-4-6-20(7-5-19)29(12-13-29)14-16-34-15-2-3-26(34)35/h4-11,17-18H,2-3,12-16H2,1H3,(H,32,36)(H,31,33,37). The number of carbonyl (C=O) groups is 3. The van der Waals surface area contributed by atoms with Crippen LogP contribution in [0.5, 0.6) is 0 Å². The zero-order valence-corrected chi connectivity index (χ0v) is 23.5. The average Bonchev–Trinajstić information content (AvgIpc) is 3.61. The van der Waals surface area contributed by atoms with E-state index in [0.29, 0.717) is 17.0 Å². The lowest BCUT2D eigenvalue weighted by Crippen LogP contribution is -2.28. The number of aromatic nitrogens is 1. The second-order valence-electron chi connectivity index (χ2n) is 10.3. The maximum absolute atomic E-state index is 13.1. The molecule has 2 heterocycles. The normalized spacial score (nSPS) is 16.1. The molecule has 3 amide bonds. The highest BCUT2D eigenvalue weighted by Gasteiger charge is 2.44. The number of hydrogen-bond donors (Lipinski definition) is 2. The third-order valence-electron chi connectivity index (χ3n) is 7.53. The first-order valence-electron chi connectivity index (χ1n) is 13.0. The summed E-state index contributed by atoms with van der Waals surface area (Å²) in [6.07, 6.45) is 6.97. The van der Waals surface area contributed by atoms with Crippen LogP contribution in [0.3, 0.4) is 0 Å². The highest BCUT2D eigenvalue weighted by atomic mass is 35.5. The summed E-state index contributed by atoms with van der Waals surface area (Å²) < 4.78 is 24.3. The molecule has 3 aromatic rings. The number of benzene rings is 2. The maximum Gasteiger partial charge on any atom is 0.258 e. The zero-order valence-electron chi connectivity index (χ0n) is 21.9. The number of likely N-dealkylation sites (tertiary alicyclic amines) is 1. The number of amides is 3. The van der Waals surface area contributed by atoms with Crippen LogP contribution in [-0.2, 0) is 20.0 Å². The molecule has 0 unspecified atom stereocenters.